The Hall–Kier alpha value is -10.9. The molecule has 16 aromatic rings. The van der Waals surface area contributed by atoms with Gasteiger partial charge in [0.1, 0.15) is 0 Å². The molecule has 4 heterocycles. The molecule has 0 saturated heterocycles. The highest BCUT2D eigenvalue weighted by molar-refractivity contribution is 7.00. The van der Waals surface area contributed by atoms with Gasteiger partial charge < -0.3 is 18.9 Å². The maximum absolute atomic E-state index is 2.57. The van der Waals surface area contributed by atoms with Gasteiger partial charge in [0.2, 0.25) is 0 Å². The molecule has 0 radical (unpaired) electrons. The van der Waals surface area contributed by atoms with Crippen molar-refractivity contribution in [3.8, 4) is 33.6 Å². The third-order valence-electron chi connectivity index (χ3n) is 18.0. The van der Waals surface area contributed by atoms with Crippen LogP contribution in [0.4, 0.5) is 34.1 Å². The Morgan fingerprint density at radius 2 is 0.590 bits per heavy atom. The summed E-state index contributed by atoms with van der Waals surface area (Å²) in [6.45, 7) is -0.123. The van der Waals surface area contributed by atoms with Crippen LogP contribution in [0.5, 0.6) is 0 Å². The van der Waals surface area contributed by atoms with Crippen molar-refractivity contribution in [3.63, 3.8) is 0 Å². The number of nitrogens with zero attached hydrogens (tertiary/aromatic N) is 4. The van der Waals surface area contributed by atoms with Crippen molar-refractivity contribution in [2.75, 3.05) is 9.80 Å². The Bertz CT molecular complexity index is 4970. The van der Waals surface area contributed by atoms with Crippen molar-refractivity contribution < 1.29 is 0 Å². The molecule has 0 N–H and O–H groups in total. The number of benzene rings is 14. The van der Waals surface area contributed by atoms with Gasteiger partial charge >= 0.3 is 0 Å². The summed E-state index contributed by atoms with van der Waals surface area (Å²) in [4.78, 5) is 5.14. The molecular weight excluding hydrogens is 1000 g/mol. The minimum Gasteiger partial charge on any atom is -0.311 e. The van der Waals surface area contributed by atoms with Gasteiger partial charge in [-0.25, -0.2) is 0 Å². The van der Waals surface area contributed by atoms with Gasteiger partial charge in [0.25, 0.3) is 6.71 Å². The third-order valence-corrected chi connectivity index (χ3v) is 18.0. The fourth-order valence-electron chi connectivity index (χ4n) is 14.6. The van der Waals surface area contributed by atoms with E-state index in [1.807, 2.05) is 0 Å². The summed E-state index contributed by atoms with van der Waals surface area (Å²) in [5, 5.41) is 12.3. The lowest BCUT2D eigenvalue weighted by atomic mass is 9.33. The summed E-state index contributed by atoms with van der Waals surface area (Å²) in [6.07, 6.45) is 0. The van der Waals surface area contributed by atoms with E-state index >= 15 is 0 Å². The first-order valence-electron chi connectivity index (χ1n) is 28.8. The van der Waals surface area contributed by atoms with Gasteiger partial charge in [-0.2, -0.15) is 0 Å². The summed E-state index contributed by atoms with van der Waals surface area (Å²) in [5.74, 6) is 0. The SMILES string of the molecule is c1ccc(N2c3cc(-n4c5ccccc5c5ccccc54)ccc3B3c4ccc(-n5c6ccccc6c6ccccc65)cc4N(c4ccccc4)c4cc(-c5c6ccccc6c(-c6ccc7ccccc7c6)c6ccccc56)cc2c43)cc1. The number of fused-ring (bicyclic) bond motifs is 13. The fourth-order valence-corrected chi connectivity index (χ4v) is 14.6. The second-order valence-corrected chi connectivity index (χ2v) is 22.3. The molecule has 384 valence electrons. The summed E-state index contributed by atoms with van der Waals surface area (Å²) < 4.78 is 4.93. The molecule has 2 aromatic heterocycles. The van der Waals surface area contributed by atoms with E-state index in [1.165, 1.54) is 109 Å². The molecule has 0 amide bonds. The number of para-hydroxylation sites is 6. The minimum atomic E-state index is -0.123. The van der Waals surface area contributed by atoms with Gasteiger partial charge in [-0.3, -0.25) is 0 Å². The van der Waals surface area contributed by atoms with Crippen molar-refractivity contribution in [2.45, 2.75) is 0 Å². The van der Waals surface area contributed by atoms with Crippen LogP contribution in [0.25, 0.3) is 110 Å². The molecule has 0 atom stereocenters. The van der Waals surface area contributed by atoms with Gasteiger partial charge in [0.15, 0.2) is 0 Å². The van der Waals surface area contributed by atoms with Crippen molar-refractivity contribution in [3.05, 3.63) is 297 Å². The topological polar surface area (TPSA) is 16.3 Å². The Morgan fingerprint density at radius 3 is 1.02 bits per heavy atom. The molecule has 83 heavy (non-hydrogen) atoms. The molecule has 0 aliphatic carbocycles. The van der Waals surface area contributed by atoms with E-state index in [9.17, 15) is 0 Å². The van der Waals surface area contributed by atoms with Crippen LogP contribution in [0.2, 0.25) is 0 Å². The number of rotatable bonds is 6. The van der Waals surface area contributed by atoms with Gasteiger partial charge in [-0.15, -0.1) is 0 Å². The zero-order chi connectivity index (χ0) is 54.3. The monoisotopic (exact) mass is 1050 g/mol. The first-order valence-corrected chi connectivity index (χ1v) is 28.8. The Kier molecular flexibility index (Phi) is 9.86. The highest BCUT2D eigenvalue weighted by Crippen LogP contribution is 2.51. The number of hydrogen-bond acceptors (Lipinski definition) is 2. The highest BCUT2D eigenvalue weighted by atomic mass is 15.2. The van der Waals surface area contributed by atoms with Crippen LogP contribution in [0.1, 0.15) is 0 Å². The summed E-state index contributed by atoms with van der Waals surface area (Å²) >= 11 is 0. The quantitative estimate of drug-likeness (QED) is 0.122. The zero-order valence-corrected chi connectivity index (χ0v) is 45.2. The molecule has 0 saturated carbocycles. The molecule has 14 aromatic carbocycles. The van der Waals surface area contributed by atoms with Crippen LogP contribution in [-0.4, -0.2) is 15.8 Å². The van der Waals surface area contributed by atoms with Crippen LogP contribution >= 0.6 is 0 Å². The number of anilines is 6. The molecule has 2 aliphatic rings. The van der Waals surface area contributed by atoms with E-state index in [2.05, 4.69) is 316 Å². The fraction of sp³-hybridized carbons (Fsp3) is 0. The van der Waals surface area contributed by atoms with Crippen LogP contribution in [0, 0.1) is 0 Å². The second kappa shape index (κ2) is 17.8. The van der Waals surface area contributed by atoms with Crippen LogP contribution < -0.4 is 26.2 Å². The number of hydrogen-bond donors (Lipinski definition) is 0. The minimum absolute atomic E-state index is 0.123. The van der Waals surface area contributed by atoms with Crippen LogP contribution in [-0.2, 0) is 0 Å². The maximum atomic E-state index is 2.57. The van der Waals surface area contributed by atoms with E-state index in [0.29, 0.717) is 0 Å². The molecule has 0 spiro atoms. The molecule has 0 fully saturated rings. The van der Waals surface area contributed by atoms with E-state index in [0.717, 1.165) is 51.1 Å². The van der Waals surface area contributed by atoms with Crippen molar-refractivity contribution in [1.82, 2.24) is 9.13 Å². The normalized spacial score (nSPS) is 12.7. The Labute approximate surface area is 480 Å². The smallest absolute Gasteiger partial charge is 0.252 e. The first-order chi connectivity index (χ1) is 41.2. The first kappa shape index (κ1) is 45.9. The van der Waals surface area contributed by atoms with E-state index in [1.54, 1.807) is 0 Å². The second-order valence-electron chi connectivity index (χ2n) is 22.3. The maximum Gasteiger partial charge on any atom is 0.252 e. The predicted molar refractivity (Wildman–Crippen MR) is 353 cm³/mol. The zero-order valence-electron chi connectivity index (χ0n) is 45.2. The summed E-state index contributed by atoms with van der Waals surface area (Å²) in [5.41, 5.74) is 22.4. The standard InChI is InChI=1S/C78H49BN4/c1-3-23-54(24-4-1)80-72-48-56(82-68-35-17-13-27-58(68)59-28-14-18-36-69(59)82)41-43-66(72)79-67-44-42-57(83-70-37-19-15-29-60(70)61-30-16-20-38-71(61)83)49-73(67)81(55-25-5-2-6-26-55)75-47-53(46-74(80)78(75)79)77-64-33-11-9-31-62(64)76(63-32-10-12-34-65(63)77)52-40-39-50-21-7-8-22-51(50)45-52/h1-49H. The molecule has 2 aliphatic heterocycles. The number of aromatic nitrogens is 2. The molecular formula is C78H49BN4. The average molecular weight is 1050 g/mol. The van der Waals surface area contributed by atoms with E-state index < -0.39 is 0 Å². The van der Waals surface area contributed by atoms with E-state index in [4.69, 9.17) is 0 Å². The van der Waals surface area contributed by atoms with Gasteiger partial charge in [-0.1, -0.05) is 206 Å². The molecule has 0 unspecified atom stereocenters. The van der Waals surface area contributed by atoms with Crippen molar-refractivity contribution >= 4 is 133 Å². The molecule has 5 heteroatoms. The molecule has 4 nitrogen and oxygen atoms in total. The Morgan fingerprint density at radius 1 is 0.229 bits per heavy atom. The highest BCUT2D eigenvalue weighted by Gasteiger charge is 2.44. The lowest BCUT2D eigenvalue weighted by Gasteiger charge is -2.44. The Balaban J connectivity index is 0.969. The lowest BCUT2D eigenvalue weighted by molar-refractivity contribution is 1.17. The molecule has 18 rings (SSSR count). The molecule has 0 bridgehead atoms. The van der Waals surface area contributed by atoms with Gasteiger partial charge in [0.05, 0.1) is 22.1 Å². The van der Waals surface area contributed by atoms with Crippen molar-refractivity contribution in [1.29, 1.82) is 0 Å². The predicted octanol–water partition coefficient (Wildman–Crippen LogP) is 18.8. The average Bonchev–Trinajstić information content (AvgIpc) is 3.71. The summed E-state index contributed by atoms with van der Waals surface area (Å²) in [6, 6.07) is 111. The largest absolute Gasteiger partial charge is 0.311 e. The summed E-state index contributed by atoms with van der Waals surface area (Å²) in [7, 11) is 0. The van der Waals surface area contributed by atoms with E-state index in [-0.39, 0.29) is 6.71 Å². The van der Waals surface area contributed by atoms with Crippen LogP contribution in [0.3, 0.4) is 0 Å². The van der Waals surface area contributed by atoms with Gasteiger partial charge in [-0.05, 0) is 162 Å². The van der Waals surface area contributed by atoms with Crippen molar-refractivity contribution in [2.24, 2.45) is 0 Å². The lowest BCUT2D eigenvalue weighted by Crippen LogP contribution is -2.61. The van der Waals surface area contributed by atoms with Gasteiger partial charge in [0, 0.05) is 67.0 Å². The van der Waals surface area contributed by atoms with Crippen LogP contribution in [0.15, 0.2) is 297 Å². The third kappa shape index (κ3) is 6.71.